The third-order valence-electron chi connectivity index (χ3n) is 5.70. The third-order valence-corrected chi connectivity index (χ3v) is 5.94. The van der Waals surface area contributed by atoms with Crippen LogP contribution in [0.25, 0.3) is 6.08 Å². The van der Waals surface area contributed by atoms with E-state index >= 15 is 0 Å². The van der Waals surface area contributed by atoms with Crippen molar-refractivity contribution >= 4 is 47.1 Å². The van der Waals surface area contributed by atoms with Crippen molar-refractivity contribution in [3.8, 4) is 0 Å². The minimum absolute atomic E-state index is 0.0422. The smallest absolute Gasteiger partial charge is 0.289 e. The summed E-state index contributed by atoms with van der Waals surface area (Å²) in [6.45, 7) is 7.94. The number of Topliss-reactive ketones (excluding diaryl/α,β-unsaturated/α-hetero) is 1. The molecule has 0 bridgehead atoms. The molecule has 1 aliphatic rings. The third kappa shape index (κ3) is 9.60. The Morgan fingerprint density at radius 3 is 2.46 bits per heavy atom. The number of carbonyl (C=O) groups is 5. The second kappa shape index (κ2) is 13.3. The molecule has 4 N–H and O–H groups in total. The molecule has 1 aliphatic heterocycles. The summed E-state index contributed by atoms with van der Waals surface area (Å²) >= 11 is 5.75. The van der Waals surface area contributed by atoms with Gasteiger partial charge in [-0.3, -0.25) is 24.0 Å². The summed E-state index contributed by atoms with van der Waals surface area (Å²) in [5, 5.41) is 10.5. The number of benzene rings is 1. The van der Waals surface area contributed by atoms with Crippen molar-refractivity contribution in [1.82, 2.24) is 21.3 Å². The Kier molecular flexibility index (Phi) is 10.8. The Bertz CT molecular complexity index is 1070. The predicted molar refractivity (Wildman–Crippen MR) is 138 cm³/mol. The number of likely N-dealkylation sites (N-methyl/N-ethyl adjacent to an activating group) is 1. The van der Waals surface area contributed by atoms with Gasteiger partial charge >= 0.3 is 0 Å². The molecule has 11 heteroatoms. The van der Waals surface area contributed by atoms with Gasteiger partial charge in [0.2, 0.25) is 23.5 Å². The van der Waals surface area contributed by atoms with E-state index in [1.54, 1.807) is 6.92 Å². The molecule has 1 fully saturated rings. The summed E-state index contributed by atoms with van der Waals surface area (Å²) in [5.74, 6) is -4.44. The maximum atomic E-state index is 14.0. The lowest BCUT2D eigenvalue weighted by molar-refractivity contribution is -0.141. The Hall–Kier alpha value is -3.27. The van der Waals surface area contributed by atoms with Gasteiger partial charge in [0.05, 0.1) is 6.04 Å². The van der Waals surface area contributed by atoms with E-state index in [1.807, 2.05) is 20.8 Å². The first-order chi connectivity index (χ1) is 17.3. The lowest BCUT2D eigenvalue weighted by atomic mass is 9.87. The molecule has 0 radical (unpaired) electrons. The van der Waals surface area contributed by atoms with E-state index in [1.165, 1.54) is 18.2 Å². The molecule has 0 spiro atoms. The SMILES string of the molecule is CCNC(=O)C(=O)C(CC1CCNC1=O)NC(=O)[C@H](CC(C)(C)C)NC(=O)/C=C/c1ccc(Cl)cc1F. The molecule has 4 amide bonds. The number of hydrogen-bond acceptors (Lipinski definition) is 5. The molecule has 9 nitrogen and oxygen atoms in total. The van der Waals surface area contributed by atoms with Crippen LogP contribution in [0.2, 0.25) is 5.02 Å². The number of hydrogen-bond donors (Lipinski definition) is 4. The summed E-state index contributed by atoms with van der Waals surface area (Å²) in [7, 11) is 0. The molecule has 0 aliphatic carbocycles. The van der Waals surface area contributed by atoms with Gasteiger partial charge in [-0.1, -0.05) is 38.4 Å². The molecular weight excluding hydrogens is 503 g/mol. The van der Waals surface area contributed by atoms with Gasteiger partial charge in [0, 0.05) is 35.7 Å². The summed E-state index contributed by atoms with van der Waals surface area (Å²) in [6.07, 6.45) is 2.99. The Morgan fingerprint density at radius 2 is 1.89 bits per heavy atom. The van der Waals surface area contributed by atoms with E-state index in [-0.39, 0.29) is 35.9 Å². The number of amides is 4. The monoisotopic (exact) mass is 536 g/mol. The Balaban J connectivity index is 2.20. The molecule has 1 aromatic carbocycles. The zero-order chi connectivity index (χ0) is 27.8. The molecule has 202 valence electrons. The van der Waals surface area contributed by atoms with Crippen LogP contribution in [0.15, 0.2) is 24.3 Å². The van der Waals surface area contributed by atoms with Crippen LogP contribution in [-0.4, -0.2) is 54.6 Å². The quantitative estimate of drug-likeness (QED) is 0.254. The summed E-state index contributed by atoms with van der Waals surface area (Å²) in [6, 6.07) is 1.71. The van der Waals surface area contributed by atoms with Crippen LogP contribution in [-0.2, 0) is 24.0 Å². The van der Waals surface area contributed by atoms with Gasteiger partial charge in [0.15, 0.2) is 0 Å². The molecule has 1 saturated heterocycles. The number of ketones is 1. The average Bonchev–Trinajstić information content (AvgIpc) is 3.20. The standard InChI is InChI=1S/C26H34ClFN4O5/c1-5-29-25(37)22(34)19(12-16-10-11-30-23(16)35)32-24(36)20(14-26(2,3)4)31-21(33)9-7-15-6-8-17(27)13-18(15)28/h6-9,13,16,19-20H,5,10-12,14H2,1-4H3,(H,29,37)(H,30,35)(H,31,33)(H,32,36)/b9-7+/t16?,19?,20-/m0/s1. The molecule has 1 heterocycles. The van der Waals surface area contributed by atoms with Crippen LogP contribution in [0, 0.1) is 17.2 Å². The maximum Gasteiger partial charge on any atom is 0.289 e. The number of halogens is 2. The normalized spacial score (nSPS) is 17.1. The first kappa shape index (κ1) is 30.0. The van der Waals surface area contributed by atoms with Crippen molar-refractivity contribution in [1.29, 1.82) is 0 Å². The molecule has 1 aromatic rings. The van der Waals surface area contributed by atoms with E-state index in [0.29, 0.717) is 13.0 Å². The fourth-order valence-electron chi connectivity index (χ4n) is 3.91. The van der Waals surface area contributed by atoms with Gasteiger partial charge < -0.3 is 21.3 Å². The highest BCUT2D eigenvalue weighted by Crippen LogP contribution is 2.22. The van der Waals surface area contributed by atoms with Crippen LogP contribution in [0.5, 0.6) is 0 Å². The van der Waals surface area contributed by atoms with Crippen LogP contribution in [0.1, 0.15) is 52.5 Å². The van der Waals surface area contributed by atoms with E-state index < -0.39 is 52.7 Å². The molecule has 37 heavy (non-hydrogen) atoms. The maximum absolute atomic E-state index is 14.0. The van der Waals surface area contributed by atoms with Crippen LogP contribution < -0.4 is 21.3 Å². The zero-order valence-corrected chi connectivity index (χ0v) is 22.2. The molecule has 2 rings (SSSR count). The number of rotatable bonds is 11. The van der Waals surface area contributed by atoms with Crippen molar-refractivity contribution in [3.05, 3.63) is 40.7 Å². The topological polar surface area (TPSA) is 133 Å². The van der Waals surface area contributed by atoms with Crippen LogP contribution in [0.4, 0.5) is 4.39 Å². The first-order valence-electron chi connectivity index (χ1n) is 12.1. The second-order valence-corrected chi connectivity index (χ2v) is 10.6. The minimum Gasteiger partial charge on any atom is -0.356 e. The average molecular weight is 537 g/mol. The first-order valence-corrected chi connectivity index (χ1v) is 12.5. The molecular formula is C26H34ClFN4O5. The summed E-state index contributed by atoms with van der Waals surface area (Å²) < 4.78 is 14.0. The van der Waals surface area contributed by atoms with Gasteiger partial charge in [-0.25, -0.2) is 4.39 Å². The van der Waals surface area contributed by atoms with Gasteiger partial charge in [0.1, 0.15) is 11.9 Å². The molecule has 2 unspecified atom stereocenters. The number of nitrogens with one attached hydrogen (secondary N) is 4. The van der Waals surface area contributed by atoms with Crippen molar-refractivity contribution in [2.45, 2.75) is 59.0 Å². The highest BCUT2D eigenvalue weighted by molar-refractivity contribution is 6.38. The zero-order valence-electron chi connectivity index (χ0n) is 21.5. The summed E-state index contributed by atoms with van der Waals surface area (Å²) in [4.78, 5) is 63.0. The van der Waals surface area contributed by atoms with Gasteiger partial charge in [-0.05, 0) is 49.8 Å². The Morgan fingerprint density at radius 1 is 1.19 bits per heavy atom. The lowest BCUT2D eigenvalue weighted by Gasteiger charge is -2.28. The predicted octanol–water partition coefficient (Wildman–Crippen LogP) is 2.13. The second-order valence-electron chi connectivity index (χ2n) is 10.1. The Labute approximate surface area is 221 Å². The van der Waals surface area contributed by atoms with E-state index in [0.717, 1.165) is 12.1 Å². The van der Waals surface area contributed by atoms with Crippen molar-refractivity contribution in [3.63, 3.8) is 0 Å². The van der Waals surface area contributed by atoms with Crippen molar-refractivity contribution < 1.29 is 28.4 Å². The highest BCUT2D eigenvalue weighted by Gasteiger charge is 2.36. The molecule has 0 aromatic heterocycles. The van der Waals surface area contributed by atoms with Gasteiger partial charge in [0.25, 0.3) is 5.91 Å². The fraction of sp³-hybridized carbons (Fsp3) is 0.500. The van der Waals surface area contributed by atoms with E-state index in [9.17, 15) is 28.4 Å². The minimum atomic E-state index is -1.24. The largest absolute Gasteiger partial charge is 0.356 e. The van der Waals surface area contributed by atoms with Crippen LogP contribution in [0.3, 0.4) is 0 Å². The van der Waals surface area contributed by atoms with Gasteiger partial charge in [-0.2, -0.15) is 0 Å². The summed E-state index contributed by atoms with van der Waals surface area (Å²) in [5.41, 5.74) is -0.259. The molecule has 0 saturated carbocycles. The van der Waals surface area contributed by atoms with Crippen LogP contribution >= 0.6 is 11.6 Å². The highest BCUT2D eigenvalue weighted by atomic mass is 35.5. The van der Waals surface area contributed by atoms with E-state index in [4.69, 9.17) is 11.6 Å². The van der Waals surface area contributed by atoms with E-state index in [2.05, 4.69) is 21.3 Å². The number of carbonyl (C=O) groups excluding carboxylic acids is 5. The van der Waals surface area contributed by atoms with Crippen molar-refractivity contribution in [2.75, 3.05) is 13.1 Å². The fourth-order valence-corrected chi connectivity index (χ4v) is 4.07. The van der Waals surface area contributed by atoms with Gasteiger partial charge in [-0.15, -0.1) is 0 Å². The lowest BCUT2D eigenvalue weighted by Crippen LogP contribution is -2.55. The molecule has 3 atom stereocenters. The van der Waals surface area contributed by atoms with Crippen molar-refractivity contribution in [2.24, 2.45) is 11.3 Å².